The Labute approximate surface area is 184 Å². The van der Waals surface area contributed by atoms with E-state index in [1.165, 1.54) is 12.3 Å². The monoisotopic (exact) mass is 486 g/mol. The van der Waals surface area contributed by atoms with Crippen LogP contribution in [0.25, 0.3) is 17.0 Å². The molecule has 3 saturated carbocycles. The van der Waals surface area contributed by atoms with Gasteiger partial charge in [0.05, 0.1) is 5.69 Å². The molecular weight excluding hydrogens is 468 g/mol. The number of imidazole rings is 1. The molecule has 0 spiro atoms. The largest absolute Gasteiger partial charge is 0.451 e. The number of hydrogen-bond donors (Lipinski definition) is 3. The number of alkyl halides is 3. The molecule has 33 heavy (non-hydrogen) atoms. The number of hydrogen-bond acceptors (Lipinski definition) is 7. The number of aromatic nitrogens is 4. The average molecular weight is 486 g/mol. The molecule has 14 heteroatoms. The van der Waals surface area contributed by atoms with Gasteiger partial charge in [0.1, 0.15) is 10.7 Å². The number of benzene rings is 1. The van der Waals surface area contributed by atoms with E-state index in [-0.39, 0.29) is 23.3 Å². The maximum Gasteiger partial charge on any atom is 0.451 e. The van der Waals surface area contributed by atoms with E-state index in [0.717, 1.165) is 16.5 Å². The number of aliphatic hydroxyl groups is 1. The van der Waals surface area contributed by atoms with Crippen LogP contribution < -0.4 is 10.5 Å². The van der Waals surface area contributed by atoms with Crippen molar-refractivity contribution < 1.29 is 31.1 Å². The van der Waals surface area contributed by atoms with Gasteiger partial charge < -0.3 is 10.8 Å². The number of aliphatic hydroxyl groups excluding tert-OH is 1. The van der Waals surface area contributed by atoms with Gasteiger partial charge in [-0.15, -0.1) is 0 Å². The fraction of sp³-hybridized carbons (Fsp3) is 0.421. The molecule has 0 radical (unpaired) electrons. The zero-order valence-electron chi connectivity index (χ0n) is 16.9. The molecule has 0 saturated heterocycles. The van der Waals surface area contributed by atoms with E-state index in [2.05, 4.69) is 19.7 Å². The highest BCUT2D eigenvalue weighted by Gasteiger charge is 2.61. The molecule has 3 aromatic rings. The fourth-order valence-electron chi connectivity index (χ4n) is 4.93. The predicted octanol–water partition coefficient (Wildman–Crippen LogP) is 2.11. The van der Waals surface area contributed by atoms with E-state index in [9.17, 15) is 31.1 Å². The molecule has 0 amide bonds. The van der Waals surface area contributed by atoms with Gasteiger partial charge in [0.25, 0.3) is 0 Å². The zero-order valence-corrected chi connectivity index (χ0v) is 17.7. The first-order chi connectivity index (χ1) is 15.4. The van der Waals surface area contributed by atoms with Crippen LogP contribution in [0, 0.1) is 11.2 Å². The van der Waals surface area contributed by atoms with Crippen molar-refractivity contribution in [2.24, 2.45) is 5.41 Å². The molecule has 4 N–H and O–H groups in total. The van der Waals surface area contributed by atoms with Crippen molar-refractivity contribution in [2.75, 3.05) is 12.3 Å². The Morgan fingerprint density at radius 3 is 2.55 bits per heavy atom. The summed E-state index contributed by atoms with van der Waals surface area (Å²) in [7, 11) is -4.27. The molecule has 176 valence electrons. The maximum absolute atomic E-state index is 14.5. The Morgan fingerprint density at radius 1 is 1.18 bits per heavy atom. The van der Waals surface area contributed by atoms with Gasteiger partial charge >= 0.3 is 6.18 Å². The van der Waals surface area contributed by atoms with E-state index < -0.39 is 50.0 Å². The van der Waals surface area contributed by atoms with Gasteiger partial charge in [-0.05, 0) is 49.3 Å². The van der Waals surface area contributed by atoms with Crippen LogP contribution in [-0.2, 0) is 16.2 Å². The SMILES string of the molecule is Nc1nc(C(F)(F)F)nc2nc(-c3ccc(F)c(S(=O)(=O)NC45CCC(CO)(C4)C5)c3)cn12. The van der Waals surface area contributed by atoms with Gasteiger partial charge in [-0.25, -0.2) is 22.5 Å². The Bertz CT molecular complexity index is 1380. The minimum Gasteiger partial charge on any atom is -0.396 e. The zero-order chi connectivity index (χ0) is 23.8. The first-order valence-corrected chi connectivity index (χ1v) is 11.4. The number of sulfonamides is 1. The van der Waals surface area contributed by atoms with E-state index in [1.807, 2.05) is 0 Å². The Balaban J connectivity index is 1.50. The fourth-order valence-corrected chi connectivity index (χ4v) is 6.46. The number of nitrogens with two attached hydrogens (primary N) is 1. The minimum absolute atomic E-state index is 0.0315. The van der Waals surface area contributed by atoms with Crippen molar-refractivity contribution in [3.8, 4) is 11.3 Å². The summed E-state index contributed by atoms with van der Waals surface area (Å²) in [6, 6.07) is 3.24. The molecule has 6 rings (SSSR count). The van der Waals surface area contributed by atoms with Crippen LogP contribution in [0.4, 0.5) is 23.5 Å². The quantitative estimate of drug-likeness (QED) is 0.470. The summed E-state index contributed by atoms with van der Waals surface area (Å²) in [4.78, 5) is 9.93. The molecule has 2 heterocycles. The number of fused-ring (bicyclic) bond motifs is 2. The van der Waals surface area contributed by atoms with Crippen molar-refractivity contribution in [3.05, 3.63) is 36.0 Å². The summed E-state index contributed by atoms with van der Waals surface area (Å²) in [5, 5.41) is 9.51. The first kappa shape index (κ1) is 22.0. The summed E-state index contributed by atoms with van der Waals surface area (Å²) in [5.74, 6) is -3.36. The van der Waals surface area contributed by atoms with Crippen LogP contribution in [0.5, 0.6) is 0 Å². The lowest BCUT2D eigenvalue weighted by Crippen LogP contribution is -2.56. The Hall–Kier alpha value is -2.84. The molecule has 2 aromatic heterocycles. The summed E-state index contributed by atoms with van der Waals surface area (Å²) >= 11 is 0. The van der Waals surface area contributed by atoms with E-state index in [1.54, 1.807) is 0 Å². The van der Waals surface area contributed by atoms with Gasteiger partial charge in [0.15, 0.2) is 0 Å². The number of halogens is 4. The Kier molecular flexibility index (Phi) is 4.55. The third kappa shape index (κ3) is 3.52. The van der Waals surface area contributed by atoms with Crippen molar-refractivity contribution in [3.63, 3.8) is 0 Å². The normalized spacial score (nSPS) is 24.9. The highest BCUT2D eigenvalue weighted by Crippen LogP contribution is 2.61. The highest BCUT2D eigenvalue weighted by atomic mass is 32.2. The van der Waals surface area contributed by atoms with Crippen molar-refractivity contribution >= 4 is 21.7 Å². The molecule has 0 atom stereocenters. The minimum atomic E-state index is -4.83. The van der Waals surface area contributed by atoms with Gasteiger partial charge in [-0.2, -0.15) is 23.1 Å². The van der Waals surface area contributed by atoms with Crippen LogP contribution in [0.1, 0.15) is 31.5 Å². The second-order valence-electron chi connectivity index (χ2n) is 8.74. The van der Waals surface area contributed by atoms with Gasteiger partial charge in [0.2, 0.25) is 27.6 Å². The van der Waals surface area contributed by atoms with E-state index >= 15 is 0 Å². The van der Waals surface area contributed by atoms with Crippen LogP contribution >= 0.6 is 0 Å². The second kappa shape index (κ2) is 6.84. The molecule has 3 aliphatic carbocycles. The molecular formula is C19H18F4N6O3S. The summed E-state index contributed by atoms with van der Waals surface area (Å²) in [5.41, 5.74) is 4.76. The van der Waals surface area contributed by atoms with Gasteiger partial charge in [0, 0.05) is 23.9 Å². The average Bonchev–Trinajstić information content (AvgIpc) is 3.38. The van der Waals surface area contributed by atoms with Crippen LogP contribution in [0.3, 0.4) is 0 Å². The molecule has 3 fully saturated rings. The van der Waals surface area contributed by atoms with Crippen molar-refractivity contribution in [2.45, 2.75) is 42.3 Å². The van der Waals surface area contributed by atoms with Crippen LogP contribution in [-0.4, -0.2) is 45.0 Å². The standard InChI is InChI=1S/C19H18F4N6O3S/c20-11-2-1-10(12-6-29-15(24)26-14(19(21,22)23)27-16(29)25-12)5-13(11)33(31,32)28-18-4-3-17(7-18,8-18)9-30/h1-2,5-6,28,30H,3-4,7-9H2,(H2,24,25,26,27). The summed E-state index contributed by atoms with van der Waals surface area (Å²) in [6.45, 7) is -0.0315. The molecule has 3 aliphatic rings. The molecule has 0 unspecified atom stereocenters. The number of nitrogens with one attached hydrogen (secondary N) is 1. The van der Waals surface area contributed by atoms with Crippen LogP contribution in [0.2, 0.25) is 0 Å². The molecule has 2 bridgehead atoms. The highest BCUT2D eigenvalue weighted by molar-refractivity contribution is 7.89. The van der Waals surface area contributed by atoms with Crippen LogP contribution in [0.15, 0.2) is 29.3 Å². The smallest absolute Gasteiger partial charge is 0.396 e. The van der Waals surface area contributed by atoms with Crippen molar-refractivity contribution in [1.29, 1.82) is 0 Å². The predicted molar refractivity (Wildman–Crippen MR) is 107 cm³/mol. The Morgan fingerprint density at radius 2 is 1.91 bits per heavy atom. The summed E-state index contributed by atoms with van der Waals surface area (Å²) in [6.07, 6.45) is -1.43. The lowest BCUT2D eigenvalue weighted by molar-refractivity contribution is -0.144. The third-order valence-electron chi connectivity index (χ3n) is 6.38. The van der Waals surface area contributed by atoms with Gasteiger partial charge in [-0.3, -0.25) is 4.40 Å². The van der Waals surface area contributed by atoms with E-state index in [4.69, 9.17) is 5.73 Å². The molecule has 0 aliphatic heterocycles. The molecule has 9 nitrogen and oxygen atoms in total. The number of nitrogens with zero attached hydrogens (tertiary/aromatic N) is 4. The number of nitrogen functional groups attached to an aromatic ring is 1. The third-order valence-corrected chi connectivity index (χ3v) is 7.97. The summed E-state index contributed by atoms with van der Waals surface area (Å²) < 4.78 is 83.0. The lowest BCUT2D eigenvalue weighted by atomic mass is 9.66. The number of anilines is 1. The topological polar surface area (TPSA) is 135 Å². The van der Waals surface area contributed by atoms with Crippen molar-refractivity contribution in [1.82, 2.24) is 24.1 Å². The maximum atomic E-state index is 14.5. The van der Waals surface area contributed by atoms with Gasteiger partial charge in [-0.1, -0.05) is 0 Å². The first-order valence-electron chi connectivity index (χ1n) is 9.90. The lowest BCUT2D eigenvalue weighted by Gasteiger charge is -2.46. The second-order valence-corrected chi connectivity index (χ2v) is 10.4. The van der Waals surface area contributed by atoms with E-state index in [0.29, 0.717) is 25.7 Å². The number of rotatable bonds is 5. The molecule has 1 aromatic carbocycles.